The summed E-state index contributed by atoms with van der Waals surface area (Å²) in [6.45, 7) is 6.86. The van der Waals surface area contributed by atoms with Crippen molar-refractivity contribution in [1.82, 2.24) is 25.3 Å². The normalized spacial score (nSPS) is 20.1. The molecule has 0 aromatic carbocycles. The molecule has 1 saturated heterocycles. The molecule has 1 amide bonds. The molecule has 8 heteroatoms. The van der Waals surface area contributed by atoms with Crippen molar-refractivity contribution in [1.29, 1.82) is 0 Å². The van der Waals surface area contributed by atoms with Crippen molar-refractivity contribution >= 4 is 11.7 Å². The molecule has 3 rings (SSSR count). The van der Waals surface area contributed by atoms with E-state index in [1.807, 2.05) is 17.9 Å². The van der Waals surface area contributed by atoms with E-state index in [0.717, 1.165) is 24.5 Å². The van der Waals surface area contributed by atoms with Gasteiger partial charge in [-0.15, -0.1) is 0 Å². The molecular weight excluding hydrogens is 332 g/mol. The molecule has 138 valence electrons. The molecule has 0 bridgehead atoms. The quantitative estimate of drug-likeness (QED) is 0.840. The Hall–Kier alpha value is -2.61. The second-order valence-corrected chi connectivity index (χ2v) is 6.87. The van der Waals surface area contributed by atoms with E-state index in [-0.39, 0.29) is 12.5 Å². The van der Waals surface area contributed by atoms with Crippen molar-refractivity contribution in [2.45, 2.75) is 39.2 Å². The highest BCUT2D eigenvalue weighted by atomic mass is 16.3. The van der Waals surface area contributed by atoms with Crippen LogP contribution < -0.4 is 10.2 Å². The standard InChI is InChI=1S/C18H24N6O2/c1-12-7-16(22-11-21-12)24-6-4-5-18(26,10-24)9-20-17(25)15-8-19-14(3)23-13(15)2/h7-8,11,26H,4-6,9-10H2,1-3H3,(H,20,25)/t18-/m0/s1. The predicted molar refractivity (Wildman–Crippen MR) is 97.0 cm³/mol. The van der Waals surface area contributed by atoms with Crippen LogP contribution in [0.15, 0.2) is 18.6 Å². The number of amides is 1. The Labute approximate surface area is 152 Å². The van der Waals surface area contributed by atoms with Crippen molar-refractivity contribution in [2.75, 3.05) is 24.5 Å². The monoisotopic (exact) mass is 356 g/mol. The lowest BCUT2D eigenvalue weighted by molar-refractivity contribution is 0.0254. The van der Waals surface area contributed by atoms with E-state index in [1.54, 1.807) is 13.8 Å². The van der Waals surface area contributed by atoms with Gasteiger partial charge >= 0.3 is 0 Å². The van der Waals surface area contributed by atoms with E-state index < -0.39 is 5.60 Å². The number of aryl methyl sites for hydroxylation is 3. The van der Waals surface area contributed by atoms with Crippen molar-refractivity contribution in [3.05, 3.63) is 41.4 Å². The average molecular weight is 356 g/mol. The van der Waals surface area contributed by atoms with E-state index >= 15 is 0 Å². The third-order valence-electron chi connectivity index (χ3n) is 4.59. The van der Waals surface area contributed by atoms with Crippen LogP contribution in [0.3, 0.4) is 0 Å². The van der Waals surface area contributed by atoms with E-state index in [9.17, 15) is 9.90 Å². The molecule has 2 aromatic rings. The molecule has 0 saturated carbocycles. The van der Waals surface area contributed by atoms with Gasteiger partial charge in [0.2, 0.25) is 0 Å². The lowest BCUT2D eigenvalue weighted by atomic mass is 9.92. The largest absolute Gasteiger partial charge is 0.386 e. The van der Waals surface area contributed by atoms with Gasteiger partial charge < -0.3 is 15.3 Å². The summed E-state index contributed by atoms with van der Waals surface area (Å²) in [5.74, 6) is 1.15. The van der Waals surface area contributed by atoms with Gasteiger partial charge in [0.1, 0.15) is 18.0 Å². The molecule has 26 heavy (non-hydrogen) atoms. The first-order chi connectivity index (χ1) is 12.4. The molecule has 0 aliphatic carbocycles. The second kappa shape index (κ2) is 7.33. The lowest BCUT2D eigenvalue weighted by Crippen LogP contribution is -2.54. The van der Waals surface area contributed by atoms with Crippen molar-refractivity contribution in [3.8, 4) is 0 Å². The molecule has 0 radical (unpaired) electrons. The first kappa shape index (κ1) is 18.2. The Morgan fingerprint density at radius 2 is 2.12 bits per heavy atom. The maximum Gasteiger partial charge on any atom is 0.254 e. The van der Waals surface area contributed by atoms with Gasteiger partial charge in [-0.3, -0.25) is 4.79 Å². The van der Waals surface area contributed by atoms with Gasteiger partial charge in [-0.1, -0.05) is 0 Å². The fourth-order valence-electron chi connectivity index (χ4n) is 3.21. The van der Waals surface area contributed by atoms with Crippen molar-refractivity contribution in [3.63, 3.8) is 0 Å². The Bertz CT molecular complexity index is 812. The maximum atomic E-state index is 12.4. The summed E-state index contributed by atoms with van der Waals surface area (Å²) in [6, 6.07) is 1.90. The summed E-state index contributed by atoms with van der Waals surface area (Å²) in [6.07, 6.45) is 4.49. The number of rotatable bonds is 4. The number of carbonyl (C=O) groups is 1. The molecule has 8 nitrogen and oxygen atoms in total. The number of aromatic nitrogens is 4. The second-order valence-electron chi connectivity index (χ2n) is 6.87. The molecule has 1 atom stereocenters. The van der Waals surface area contributed by atoms with Crippen LogP contribution in [0.2, 0.25) is 0 Å². The van der Waals surface area contributed by atoms with Crippen LogP contribution in [0.25, 0.3) is 0 Å². The molecular formula is C18H24N6O2. The number of aliphatic hydroxyl groups is 1. The zero-order chi connectivity index (χ0) is 18.7. The maximum absolute atomic E-state index is 12.4. The molecule has 2 N–H and O–H groups in total. The Balaban J connectivity index is 1.65. The number of hydrogen-bond acceptors (Lipinski definition) is 7. The number of anilines is 1. The van der Waals surface area contributed by atoms with Crippen molar-refractivity contribution < 1.29 is 9.90 Å². The fourth-order valence-corrected chi connectivity index (χ4v) is 3.21. The van der Waals surface area contributed by atoms with Gasteiger partial charge in [-0.05, 0) is 33.6 Å². The Morgan fingerprint density at radius 1 is 1.31 bits per heavy atom. The highest BCUT2D eigenvalue weighted by Gasteiger charge is 2.34. The van der Waals surface area contributed by atoms with E-state index in [4.69, 9.17) is 0 Å². The summed E-state index contributed by atoms with van der Waals surface area (Å²) >= 11 is 0. The zero-order valence-corrected chi connectivity index (χ0v) is 15.4. The highest BCUT2D eigenvalue weighted by molar-refractivity contribution is 5.94. The first-order valence-corrected chi connectivity index (χ1v) is 8.71. The number of nitrogens with one attached hydrogen (secondary N) is 1. The number of carbonyl (C=O) groups excluding carboxylic acids is 1. The van der Waals surface area contributed by atoms with Crippen molar-refractivity contribution in [2.24, 2.45) is 0 Å². The molecule has 0 spiro atoms. The summed E-state index contributed by atoms with van der Waals surface area (Å²) in [5, 5.41) is 13.8. The molecule has 1 fully saturated rings. The minimum atomic E-state index is -1.01. The SMILES string of the molecule is Cc1cc(N2CCC[C@](O)(CNC(=O)c3cnc(C)nc3C)C2)ncn1. The van der Waals surface area contributed by atoms with Crippen LogP contribution in [0, 0.1) is 20.8 Å². The van der Waals surface area contributed by atoms with Gasteiger partial charge in [0, 0.05) is 37.6 Å². The number of nitrogens with zero attached hydrogens (tertiary/aromatic N) is 5. The van der Waals surface area contributed by atoms with Gasteiger partial charge in [0.25, 0.3) is 5.91 Å². The molecule has 3 heterocycles. The number of β-amino-alcohol motifs (C(OH)–C–C–N with tert-alkyl or cyclic N) is 1. The number of hydrogen-bond donors (Lipinski definition) is 2. The van der Waals surface area contributed by atoms with Crippen LogP contribution in [0.4, 0.5) is 5.82 Å². The predicted octanol–water partition coefficient (Wildman–Crippen LogP) is 0.953. The van der Waals surface area contributed by atoms with Crippen LogP contribution in [0.1, 0.15) is 40.4 Å². The van der Waals surface area contributed by atoms with Gasteiger partial charge in [0.05, 0.1) is 16.9 Å². The molecule has 0 unspecified atom stereocenters. The summed E-state index contributed by atoms with van der Waals surface area (Å²) in [5.41, 5.74) is 0.931. The zero-order valence-electron chi connectivity index (χ0n) is 15.4. The minimum absolute atomic E-state index is 0.166. The van der Waals surface area contributed by atoms with Gasteiger partial charge in [-0.2, -0.15) is 0 Å². The van der Waals surface area contributed by atoms with Crippen LogP contribution in [-0.4, -0.2) is 56.2 Å². The Kier molecular flexibility index (Phi) is 5.13. The topological polar surface area (TPSA) is 104 Å². The Morgan fingerprint density at radius 3 is 2.85 bits per heavy atom. The summed E-state index contributed by atoms with van der Waals surface area (Å²) in [7, 11) is 0. The van der Waals surface area contributed by atoms with Crippen LogP contribution in [0.5, 0.6) is 0 Å². The molecule has 1 aliphatic heterocycles. The van der Waals surface area contributed by atoms with Crippen LogP contribution >= 0.6 is 0 Å². The molecule has 1 aliphatic rings. The van der Waals surface area contributed by atoms with Gasteiger partial charge in [-0.25, -0.2) is 19.9 Å². The third kappa shape index (κ3) is 4.13. The molecule has 2 aromatic heterocycles. The van der Waals surface area contributed by atoms with E-state index in [2.05, 4.69) is 25.3 Å². The minimum Gasteiger partial charge on any atom is -0.386 e. The highest BCUT2D eigenvalue weighted by Crippen LogP contribution is 2.24. The van der Waals surface area contributed by atoms with Gasteiger partial charge in [0.15, 0.2) is 0 Å². The smallest absolute Gasteiger partial charge is 0.254 e. The van der Waals surface area contributed by atoms with Crippen LogP contribution in [-0.2, 0) is 0 Å². The fraction of sp³-hybridized carbons (Fsp3) is 0.500. The average Bonchev–Trinajstić information content (AvgIpc) is 2.60. The van der Waals surface area contributed by atoms with E-state index in [0.29, 0.717) is 30.0 Å². The number of piperidine rings is 1. The summed E-state index contributed by atoms with van der Waals surface area (Å²) in [4.78, 5) is 31.1. The first-order valence-electron chi connectivity index (χ1n) is 8.71. The van der Waals surface area contributed by atoms with E-state index in [1.165, 1.54) is 12.5 Å². The lowest BCUT2D eigenvalue weighted by Gasteiger charge is -2.39. The summed E-state index contributed by atoms with van der Waals surface area (Å²) < 4.78 is 0. The third-order valence-corrected chi connectivity index (χ3v) is 4.59.